The average Bonchev–Trinajstić information content (AvgIpc) is 3.37. The molecule has 1 aliphatic heterocycles. The third-order valence-electron chi connectivity index (χ3n) is 4.67. The Morgan fingerprint density at radius 3 is 2.96 bits per heavy atom. The smallest absolute Gasteiger partial charge is 0.274 e. The first-order valence-corrected chi connectivity index (χ1v) is 9.23. The molecule has 6 nitrogen and oxygen atoms in total. The molecule has 0 spiro atoms. The van der Waals surface area contributed by atoms with Gasteiger partial charge in [0.2, 0.25) is 5.95 Å². The highest BCUT2D eigenvalue weighted by atomic mass is 35.5. The minimum atomic E-state index is -0.781. The van der Waals surface area contributed by atoms with Crippen molar-refractivity contribution in [2.24, 2.45) is 16.6 Å². The normalized spacial score (nSPS) is 26.7. The van der Waals surface area contributed by atoms with Gasteiger partial charge in [-0.05, 0) is 31.5 Å². The van der Waals surface area contributed by atoms with Gasteiger partial charge in [-0.3, -0.25) is 9.79 Å². The largest absolute Gasteiger partial charge is 0.379 e. The molecule has 0 bridgehead atoms. The molecule has 1 aliphatic carbocycles. The third-order valence-corrected chi connectivity index (χ3v) is 6.05. The zero-order chi connectivity index (χ0) is 18.5. The van der Waals surface area contributed by atoms with Crippen LogP contribution in [-0.4, -0.2) is 26.3 Å². The molecule has 1 fully saturated rings. The monoisotopic (exact) mass is 391 g/mol. The number of amides is 1. The molecule has 9 heteroatoms. The predicted molar refractivity (Wildman–Crippen MR) is 99.9 cm³/mol. The number of aromatic nitrogens is 2. The number of hydrogen-bond acceptors (Lipinski definition) is 6. The number of fused-ring (bicyclic) bond motifs is 1. The highest BCUT2D eigenvalue weighted by Crippen LogP contribution is 2.57. The summed E-state index contributed by atoms with van der Waals surface area (Å²) in [6.07, 6.45) is 3.58. The van der Waals surface area contributed by atoms with Crippen LogP contribution in [0.25, 0.3) is 0 Å². The van der Waals surface area contributed by atoms with Crippen molar-refractivity contribution in [2.45, 2.75) is 24.1 Å². The van der Waals surface area contributed by atoms with Gasteiger partial charge >= 0.3 is 0 Å². The molecule has 0 aromatic carbocycles. The van der Waals surface area contributed by atoms with E-state index in [4.69, 9.17) is 17.3 Å². The van der Waals surface area contributed by atoms with E-state index < -0.39 is 17.4 Å². The Morgan fingerprint density at radius 2 is 2.23 bits per heavy atom. The minimum absolute atomic E-state index is 0.199. The van der Waals surface area contributed by atoms with Crippen molar-refractivity contribution in [1.29, 1.82) is 0 Å². The first kappa shape index (κ1) is 17.2. The second-order valence-corrected chi connectivity index (χ2v) is 8.17. The van der Waals surface area contributed by atoms with Gasteiger partial charge in [-0.1, -0.05) is 23.4 Å². The number of nitrogens with zero attached hydrogens (tertiary/aromatic N) is 3. The highest BCUT2D eigenvalue weighted by molar-refractivity contribution is 8.14. The fourth-order valence-electron chi connectivity index (χ4n) is 3.22. The van der Waals surface area contributed by atoms with Crippen LogP contribution in [0, 0.1) is 11.9 Å². The number of carbonyl (C=O) groups is 1. The Hall–Kier alpha value is -2.19. The summed E-state index contributed by atoms with van der Waals surface area (Å²) in [7, 11) is 0. The lowest BCUT2D eigenvalue weighted by atomic mass is 9.88. The number of anilines is 1. The van der Waals surface area contributed by atoms with E-state index in [1.165, 1.54) is 30.2 Å². The van der Waals surface area contributed by atoms with Crippen LogP contribution < -0.4 is 11.1 Å². The molecule has 0 saturated heterocycles. The van der Waals surface area contributed by atoms with Gasteiger partial charge in [0.15, 0.2) is 5.17 Å². The number of nitrogens with one attached hydrogen (secondary N) is 1. The average molecular weight is 392 g/mol. The number of amidine groups is 1. The van der Waals surface area contributed by atoms with Crippen LogP contribution in [0.3, 0.4) is 0 Å². The summed E-state index contributed by atoms with van der Waals surface area (Å²) in [4.78, 5) is 24.6. The fourth-order valence-corrected chi connectivity index (χ4v) is 4.62. The molecular formula is C17H15ClFN5OS. The molecule has 1 saturated carbocycles. The second kappa shape index (κ2) is 6.21. The van der Waals surface area contributed by atoms with Crippen molar-refractivity contribution >= 4 is 40.1 Å². The van der Waals surface area contributed by atoms with Gasteiger partial charge in [0.05, 0.1) is 22.4 Å². The number of rotatable bonds is 3. The zero-order valence-corrected chi connectivity index (χ0v) is 15.3. The maximum absolute atomic E-state index is 14.5. The van der Waals surface area contributed by atoms with E-state index in [1.807, 2.05) is 6.92 Å². The van der Waals surface area contributed by atoms with Crippen LogP contribution in [-0.2, 0) is 5.54 Å². The van der Waals surface area contributed by atoms with Gasteiger partial charge in [-0.15, -0.1) is 0 Å². The van der Waals surface area contributed by atoms with Gasteiger partial charge in [-0.25, -0.2) is 9.97 Å². The molecule has 26 heavy (non-hydrogen) atoms. The maximum Gasteiger partial charge on any atom is 0.274 e. The van der Waals surface area contributed by atoms with Crippen molar-refractivity contribution in [3.05, 3.63) is 52.8 Å². The minimum Gasteiger partial charge on any atom is -0.379 e. The summed E-state index contributed by atoms with van der Waals surface area (Å²) in [6, 6.07) is 4.65. The molecule has 134 valence electrons. The van der Waals surface area contributed by atoms with Crippen LogP contribution >= 0.6 is 23.4 Å². The number of halogens is 2. The summed E-state index contributed by atoms with van der Waals surface area (Å²) in [5, 5.41) is 3.92. The number of nitrogens with two attached hydrogens (primary N) is 1. The summed E-state index contributed by atoms with van der Waals surface area (Å²) < 4.78 is 14.5. The number of thioether (sulfide) groups is 1. The van der Waals surface area contributed by atoms with Crippen LogP contribution in [0.15, 0.2) is 35.6 Å². The highest BCUT2D eigenvalue weighted by Gasteiger charge is 2.55. The van der Waals surface area contributed by atoms with E-state index in [-0.39, 0.29) is 11.6 Å². The molecule has 3 N–H and O–H groups in total. The number of hydrogen-bond donors (Lipinski definition) is 2. The van der Waals surface area contributed by atoms with Gasteiger partial charge in [0.25, 0.3) is 5.91 Å². The summed E-state index contributed by atoms with van der Waals surface area (Å²) in [5.74, 6) is -0.832. The van der Waals surface area contributed by atoms with Gasteiger partial charge in [0.1, 0.15) is 5.69 Å². The Labute approximate surface area is 158 Å². The van der Waals surface area contributed by atoms with Gasteiger partial charge < -0.3 is 11.1 Å². The van der Waals surface area contributed by atoms with Gasteiger partial charge in [0, 0.05) is 22.9 Å². The van der Waals surface area contributed by atoms with E-state index in [0.717, 1.165) is 6.42 Å². The second-order valence-electron chi connectivity index (χ2n) is 6.47. The summed E-state index contributed by atoms with van der Waals surface area (Å²) in [6.45, 7) is 1.86. The molecule has 2 aromatic rings. The number of aliphatic imine (C=N–C) groups is 1. The van der Waals surface area contributed by atoms with E-state index >= 15 is 0 Å². The van der Waals surface area contributed by atoms with Crippen molar-refractivity contribution in [2.75, 3.05) is 5.32 Å². The molecular weight excluding hydrogens is 377 g/mol. The molecule has 4 rings (SSSR count). The Bertz CT molecular complexity index is 922. The van der Waals surface area contributed by atoms with Crippen molar-refractivity contribution < 1.29 is 9.18 Å². The molecule has 3 heterocycles. The zero-order valence-electron chi connectivity index (χ0n) is 13.7. The van der Waals surface area contributed by atoms with Crippen LogP contribution in [0.5, 0.6) is 0 Å². The SMILES string of the molecule is C[C@]1(c2cc(NC(=O)c3ccc(Cl)cn3)cnc2F)N=C(N)S[C@H]2C[C@H]21. The molecule has 1 amide bonds. The lowest BCUT2D eigenvalue weighted by molar-refractivity contribution is 0.102. The summed E-state index contributed by atoms with van der Waals surface area (Å²) in [5.41, 5.74) is 6.02. The van der Waals surface area contributed by atoms with Gasteiger partial charge in [-0.2, -0.15) is 4.39 Å². The maximum atomic E-state index is 14.5. The van der Waals surface area contributed by atoms with Crippen molar-refractivity contribution in [3.8, 4) is 0 Å². The Morgan fingerprint density at radius 1 is 1.42 bits per heavy atom. The lowest BCUT2D eigenvalue weighted by Gasteiger charge is -2.30. The fraction of sp³-hybridized carbons (Fsp3) is 0.294. The van der Waals surface area contributed by atoms with E-state index in [1.54, 1.807) is 12.1 Å². The molecule has 0 radical (unpaired) electrons. The summed E-state index contributed by atoms with van der Waals surface area (Å²) >= 11 is 7.30. The predicted octanol–water partition coefficient (Wildman–Crippen LogP) is 3.19. The molecule has 2 aliphatic rings. The van der Waals surface area contributed by atoms with Crippen LogP contribution in [0.2, 0.25) is 5.02 Å². The van der Waals surface area contributed by atoms with Crippen molar-refractivity contribution in [1.82, 2.24) is 9.97 Å². The first-order valence-electron chi connectivity index (χ1n) is 7.98. The van der Waals surface area contributed by atoms with E-state index in [0.29, 0.717) is 26.7 Å². The third kappa shape index (κ3) is 3.03. The lowest BCUT2D eigenvalue weighted by Crippen LogP contribution is -2.32. The Kier molecular flexibility index (Phi) is 4.11. The van der Waals surface area contributed by atoms with E-state index in [2.05, 4.69) is 20.3 Å². The molecule has 2 aromatic heterocycles. The van der Waals surface area contributed by atoms with Crippen LogP contribution in [0.1, 0.15) is 29.4 Å². The topological polar surface area (TPSA) is 93.3 Å². The standard InChI is InChI=1S/C17H15ClFN5OS/c1-17(10-5-13(10)26-16(20)24-17)11-4-9(7-22-14(11)19)23-15(25)12-3-2-8(18)6-21-12/h2-4,6-7,10,13H,5H2,1H3,(H2,20,24)(H,23,25)/t10-,13+,17+/m1/s1. The van der Waals surface area contributed by atoms with E-state index in [9.17, 15) is 9.18 Å². The van der Waals surface area contributed by atoms with Crippen molar-refractivity contribution in [3.63, 3.8) is 0 Å². The number of pyridine rings is 2. The first-order chi connectivity index (χ1) is 12.4. The molecule has 0 unspecified atom stereocenters. The van der Waals surface area contributed by atoms with Crippen LogP contribution in [0.4, 0.5) is 10.1 Å². The Balaban J connectivity index is 1.64. The quantitative estimate of drug-likeness (QED) is 0.784. The number of carbonyl (C=O) groups excluding carboxylic acids is 1. The molecule has 3 atom stereocenters.